The monoisotopic (exact) mass is 587 g/mol. The maximum Gasteiger partial charge on any atom is 0.586 e. The average Bonchev–Trinajstić information content (AvgIpc) is 3.40. The first-order valence-electron chi connectivity index (χ1n) is 12.0. The zero-order chi connectivity index (χ0) is 29.2. The van der Waals surface area contributed by atoms with Crippen molar-refractivity contribution in [3.05, 3.63) is 46.9 Å². The molecule has 1 saturated heterocycles. The number of ether oxygens (including phenoxy) is 2. The first-order chi connectivity index (χ1) is 18.9. The van der Waals surface area contributed by atoms with Gasteiger partial charge in [0, 0.05) is 43.3 Å². The summed E-state index contributed by atoms with van der Waals surface area (Å²) in [6.07, 6.45) is -2.95. The van der Waals surface area contributed by atoms with Gasteiger partial charge in [-0.25, -0.2) is 13.8 Å². The number of pyridine rings is 1. The Morgan fingerprint density at radius 3 is 2.70 bits per heavy atom. The Bertz CT molecular complexity index is 1360. The summed E-state index contributed by atoms with van der Waals surface area (Å²) in [4.78, 5) is 27.3. The summed E-state index contributed by atoms with van der Waals surface area (Å²) in [6, 6.07) is 4.83. The number of rotatable bonds is 6. The molecule has 2 atom stereocenters. The average molecular weight is 588 g/mol. The van der Waals surface area contributed by atoms with Crippen molar-refractivity contribution in [1.82, 2.24) is 15.2 Å². The Balaban J connectivity index is 0.00000118. The van der Waals surface area contributed by atoms with Crippen LogP contribution in [0.5, 0.6) is 11.5 Å². The Kier molecular flexibility index (Phi) is 8.32. The van der Waals surface area contributed by atoms with Crippen LogP contribution in [0.4, 0.5) is 22.7 Å². The number of amides is 1. The third-order valence-corrected chi connectivity index (χ3v) is 7.48. The number of anilines is 1. The van der Waals surface area contributed by atoms with E-state index in [9.17, 15) is 18.8 Å². The number of nitrogens with one attached hydrogen (secondary N) is 2. The van der Waals surface area contributed by atoms with Gasteiger partial charge in [-0.3, -0.25) is 14.5 Å². The fraction of sp³-hybridized carbons (Fsp3) is 0.417. The summed E-state index contributed by atoms with van der Waals surface area (Å²) in [5.74, 6) is -5.09. The largest absolute Gasteiger partial charge is 0.618 e. The Labute approximate surface area is 228 Å². The topological polar surface area (TPSA) is 140 Å². The van der Waals surface area contributed by atoms with Gasteiger partial charge in [-0.05, 0) is 20.0 Å². The number of carbonyl (C=O) groups excluding carboxylic acids is 1. The number of fused-ring (bicyclic) bond motifs is 2. The zero-order valence-electron chi connectivity index (χ0n) is 21.2. The highest BCUT2D eigenvalue weighted by molar-refractivity contribution is 7.22. The molecule has 1 fully saturated rings. The Hall–Kier alpha value is -3.76. The number of benzene rings is 1. The van der Waals surface area contributed by atoms with Crippen molar-refractivity contribution in [3.8, 4) is 11.5 Å². The zero-order valence-corrected chi connectivity index (χ0v) is 22.0. The van der Waals surface area contributed by atoms with E-state index in [4.69, 9.17) is 9.90 Å². The van der Waals surface area contributed by atoms with Crippen LogP contribution in [0.2, 0.25) is 0 Å². The molecule has 0 radical (unpaired) electrons. The van der Waals surface area contributed by atoms with Crippen molar-refractivity contribution in [2.75, 3.05) is 25.5 Å². The summed E-state index contributed by atoms with van der Waals surface area (Å²) in [5, 5.41) is 24.9. The molecule has 3 aromatic rings. The number of halogens is 4. The van der Waals surface area contributed by atoms with Crippen molar-refractivity contribution < 1.29 is 46.5 Å². The van der Waals surface area contributed by atoms with Crippen LogP contribution in [0.3, 0.4) is 0 Å². The van der Waals surface area contributed by atoms with Gasteiger partial charge in [-0.2, -0.15) is 4.73 Å². The molecule has 16 heteroatoms. The SMILES string of the molecule is CNCc1c([C@@H]2CN([C@@H](C)C(=O)Nc3nc4cc5c(cc4s3)OC(F)(F)O5)CCC2(F)F)ccc[n+]1[O-].O=CO. The fourth-order valence-corrected chi connectivity index (χ4v) is 5.49. The van der Waals surface area contributed by atoms with Crippen LogP contribution in [-0.2, 0) is 16.1 Å². The second-order valence-corrected chi connectivity index (χ2v) is 10.1. The quantitative estimate of drug-likeness (QED) is 0.172. The molecule has 40 heavy (non-hydrogen) atoms. The molecule has 3 N–H and O–H groups in total. The first kappa shape index (κ1) is 29.2. The number of alkyl halides is 4. The number of nitrogens with zero attached hydrogens (tertiary/aromatic N) is 3. The predicted octanol–water partition coefficient (Wildman–Crippen LogP) is 3.12. The highest BCUT2D eigenvalue weighted by atomic mass is 32.1. The Morgan fingerprint density at radius 1 is 1.35 bits per heavy atom. The number of carboxylic acid groups (broad SMARTS) is 1. The summed E-state index contributed by atoms with van der Waals surface area (Å²) < 4.78 is 66.6. The van der Waals surface area contributed by atoms with E-state index >= 15 is 8.78 Å². The van der Waals surface area contributed by atoms with Gasteiger partial charge in [0.25, 0.3) is 12.4 Å². The van der Waals surface area contributed by atoms with Gasteiger partial charge in [-0.15, -0.1) is 8.78 Å². The van der Waals surface area contributed by atoms with Crippen LogP contribution in [0.1, 0.15) is 30.5 Å². The van der Waals surface area contributed by atoms with E-state index in [0.29, 0.717) is 14.9 Å². The van der Waals surface area contributed by atoms with Crippen molar-refractivity contribution in [3.63, 3.8) is 0 Å². The number of aromatic nitrogens is 2. The van der Waals surface area contributed by atoms with Gasteiger partial charge in [0.2, 0.25) is 11.6 Å². The molecule has 4 heterocycles. The van der Waals surface area contributed by atoms with E-state index in [1.165, 1.54) is 30.5 Å². The van der Waals surface area contributed by atoms with Gasteiger partial charge in [-0.1, -0.05) is 11.3 Å². The van der Waals surface area contributed by atoms with Gasteiger partial charge < -0.3 is 30.4 Å². The van der Waals surface area contributed by atoms with E-state index < -0.39 is 36.5 Å². The minimum atomic E-state index is -3.75. The smallest absolute Gasteiger partial charge is 0.586 e. The lowest BCUT2D eigenvalue weighted by Gasteiger charge is -2.40. The Morgan fingerprint density at radius 2 is 2.02 bits per heavy atom. The summed E-state index contributed by atoms with van der Waals surface area (Å²) in [6.45, 7) is 1.34. The number of hydrogen-bond acceptors (Lipinski definition) is 9. The van der Waals surface area contributed by atoms with Crippen LogP contribution in [0.15, 0.2) is 30.5 Å². The van der Waals surface area contributed by atoms with E-state index in [1.54, 1.807) is 18.9 Å². The highest BCUT2D eigenvalue weighted by Gasteiger charge is 2.48. The molecule has 1 aromatic carbocycles. The molecule has 2 aliphatic heterocycles. The van der Waals surface area contributed by atoms with Crippen LogP contribution >= 0.6 is 11.3 Å². The number of hydrogen-bond donors (Lipinski definition) is 3. The molecule has 11 nitrogen and oxygen atoms in total. The van der Waals surface area contributed by atoms with Gasteiger partial charge >= 0.3 is 6.29 Å². The molecule has 2 aromatic heterocycles. The van der Waals surface area contributed by atoms with Crippen LogP contribution in [0, 0.1) is 5.21 Å². The third kappa shape index (κ3) is 6.03. The lowest BCUT2D eigenvalue weighted by molar-refractivity contribution is -0.615. The molecule has 0 bridgehead atoms. The van der Waals surface area contributed by atoms with Crippen LogP contribution in [0.25, 0.3) is 10.2 Å². The number of likely N-dealkylation sites (tertiary alicyclic amines) is 1. The molecular formula is C24H25F4N5O6S. The highest BCUT2D eigenvalue weighted by Crippen LogP contribution is 2.45. The fourth-order valence-electron chi connectivity index (χ4n) is 4.61. The molecule has 0 saturated carbocycles. The molecular weight excluding hydrogens is 562 g/mol. The third-order valence-electron chi connectivity index (χ3n) is 6.54. The van der Waals surface area contributed by atoms with E-state index in [-0.39, 0.29) is 54.0 Å². The summed E-state index contributed by atoms with van der Waals surface area (Å²) >= 11 is 1.06. The van der Waals surface area contributed by atoms with Crippen LogP contribution in [-0.4, -0.2) is 65.8 Å². The molecule has 5 rings (SSSR count). The molecule has 0 unspecified atom stereocenters. The maximum atomic E-state index is 15.0. The van der Waals surface area contributed by atoms with Gasteiger partial charge in [0.15, 0.2) is 22.8 Å². The molecule has 2 aliphatic rings. The number of piperidine rings is 1. The summed E-state index contributed by atoms with van der Waals surface area (Å²) in [7, 11) is 1.62. The lowest BCUT2D eigenvalue weighted by atomic mass is 9.85. The normalized spacial score (nSPS) is 19.9. The van der Waals surface area contributed by atoms with Gasteiger partial charge in [0.1, 0.15) is 0 Å². The van der Waals surface area contributed by atoms with Gasteiger partial charge in [0.05, 0.1) is 28.7 Å². The van der Waals surface area contributed by atoms with Crippen molar-refractivity contribution in [2.45, 2.75) is 44.1 Å². The van der Waals surface area contributed by atoms with Crippen molar-refractivity contribution in [2.24, 2.45) is 0 Å². The molecule has 0 spiro atoms. The maximum absolute atomic E-state index is 15.0. The van der Waals surface area contributed by atoms with E-state index in [2.05, 4.69) is 25.1 Å². The predicted molar refractivity (Wildman–Crippen MR) is 135 cm³/mol. The van der Waals surface area contributed by atoms with E-state index in [0.717, 1.165) is 11.3 Å². The van der Waals surface area contributed by atoms with Crippen LogP contribution < -0.4 is 24.8 Å². The second kappa shape index (κ2) is 11.4. The second-order valence-electron chi connectivity index (χ2n) is 9.05. The molecule has 216 valence electrons. The number of thiazole rings is 1. The lowest BCUT2D eigenvalue weighted by Crippen LogP contribution is -2.53. The number of carbonyl (C=O) groups is 2. The molecule has 0 aliphatic carbocycles. The van der Waals surface area contributed by atoms with Crippen molar-refractivity contribution >= 4 is 39.1 Å². The standard InChI is InChI=1S/C23H23F4N5O4S.CH2O2/c1-12(20(33)30-21-29-15-8-17-18(9-19(15)37-21)36-23(26,27)35-17)31-7-5-22(24,25)14(11-31)13-4-3-6-32(34)16(13)10-28-2;2-1-3/h3-4,6,8-9,12,14,28H,5,7,10-11H2,1-2H3,(H,29,30,33);1H,(H,2,3)/t12-,14-;/m0./s1. The molecule has 1 amide bonds. The van der Waals surface area contributed by atoms with Crippen molar-refractivity contribution in [1.29, 1.82) is 0 Å². The first-order valence-corrected chi connectivity index (χ1v) is 12.8. The summed E-state index contributed by atoms with van der Waals surface area (Å²) in [5.41, 5.74) is 0.779. The minimum absolute atomic E-state index is 0.0148. The minimum Gasteiger partial charge on any atom is -0.618 e. The van der Waals surface area contributed by atoms with E-state index in [1.807, 2.05) is 0 Å².